The summed E-state index contributed by atoms with van der Waals surface area (Å²) in [6, 6.07) is 9.95. The van der Waals surface area contributed by atoms with Crippen LogP contribution in [0.25, 0.3) is 0 Å². The molecule has 0 saturated carbocycles. The molecular formula is C16H27N3. The minimum atomic E-state index is 0.522. The first-order chi connectivity index (χ1) is 9.11. The minimum absolute atomic E-state index is 0.522. The standard InChI is InChI=1S/C16H27N3/c1-13-5-4-6-15(11-13)19-14(2)8-10-18(3)12-16(19)7-9-17/h4-6,11,14,16H,7-10,12,17H2,1-3H3. The second kappa shape index (κ2) is 6.40. The summed E-state index contributed by atoms with van der Waals surface area (Å²) in [5.41, 5.74) is 8.50. The summed E-state index contributed by atoms with van der Waals surface area (Å²) in [5, 5.41) is 0. The SMILES string of the molecule is Cc1cccc(N2C(C)CCN(C)CC2CCN)c1. The number of likely N-dealkylation sites (N-methyl/N-ethyl adjacent to an activating group) is 1. The predicted octanol–water partition coefficient (Wildman–Crippen LogP) is 2.24. The van der Waals surface area contributed by atoms with Gasteiger partial charge in [0, 0.05) is 24.3 Å². The molecule has 2 unspecified atom stereocenters. The molecule has 0 amide bonds. The summed E-state index contributed by atoms with van der Waals surface area (Å²) in [5.74, 6) is 0. The molecule has 1 aliphatic rings. The number of hydrogen-bond donors (Lipinski definition) is 1. The summed E-state index contributed by atoms with van der Waals surface area (Å²) in [4.78, 5) is 5.02. The van der Waals surface area contributed by atoms with Crippen molar-refractivity contribution in [2.24, 2.45) is 5.73 Å². The second-order valence-electron chi connectivity index (χ2n) is 5.88. The topological polar surface area (TPSA) is 32.5 Å². The zero-order valence-electron chi connectivity index (χ0n) is 12.5. The minimum Gasteiger partial charge on any atom is -0.364 e. The second-order valence-corrected chi connectivity index (χ2v) is 5.88. The Morgan fingerprint density at radius 2 is 2.16 bits per heavy atom. The highest BCUT2D eigenvalue weighted by atomic mass is 15.3. The van der Waals surface area contributed by atoms with Crippen LogP contribution in [0.4, 0.5) is 5.69 Å². The van der Waals surface area contributed by atoms with Crippen molar-refractivity contribution < 1.29 is 0 Å². The average Bonchev–Trinajstić information content (AvgIpc) is 2.49. The maximum atomic E-state index is 5.83. The molecule has 1 saturated heterocycles. The Kier molecular flexibility index (Phi) is 4.83. The Bertz CT molecular complexity index is 405. The smallest absolute Gasteiger partial charge is 0.0431 e. The quantitative estimate of drug-likeness (QED) is 0.906. The van der Waals surface area contributed by atoms with E-state index in [1.54, 1.807) is 0 Å². The Morgan fingerprint density at radius 3 is 2.84 bits per heavy atom. The molecule has 0 bridgehead atoms. The van der Waals surface area contributed by atoms with Crippen LogP contribution in [0.1, 0.15) is 25.3 Å². The van der Waals surface area contributed by atoms with Gasteiger partial charge in [-0.3, -0.25) is 0 Å². The summed E-state index contributed by atoms with van der Waals surface area (Å²) in [6.07, 6.45) is 2.27. The van der Waals surface area contributed by atoms with Gasteiger partial charge in [0.25, 0.3) is 0 Å². The van der Waals surface area contributed by atoms with E-state index >= 15 is 0 Å². The van der Waals surface area contributed by atoms with E-state index in [-0.39, 0.29) is 0 Å². The van der Waals surface area contributed by atoms with E-state index < -0.39 is 0 Å². The van der Waals surface area contributed by atoms with Crippen LogP contribution in [0, 0.1) is 6.92 Å². The first-order valence-corrected chi connectivity index (χ1v) is 7.35. The van der Waals surface area contributed by atoms with Crippen LogP contribution in [0.5, 0.6) is 0 Å². The fraction of sp³-hybridized carbons (Fsp3) is 0.625. The fourth-order valence-corrected chi connectivity index (χ4v) is 3.12. The number of anilines is 1. The Hall–Kier alpha value is -1.06. The zero-order chi connectivity index (χ0) is 13.8. The van der Waals surface area contributed by atoms with E-state index in [9.17, 15) is 0 Å². The van der Waals surface area contributed by atoms with Gasteiger partial charge >= 0.3 is 0 Å². The van der Waals surface area contributed by atoms with E-state index in [2.05, 4.69) is 55.0 Å². The van der Waals surface area contributed by atoms with Crippen LogP contribution in [0.2, 0.25) is 0 Å². The van der Waals surface area contributed by atoms with Crippen molar-refractivity contribution in [1.29, 1.82) is 0 Å². The normalized spacial score (nSPS) is 25.4. The van der Waals surface area contributed by atoms with Crippen LogP contribution < -0.4 is 10.6 Å². The molecule has 3 heteroatoms. The molecule has 1 aromatic rings. The summed E-state index contributed by atoms with van der Waals surface area (Å²) in [7, 11) is 2.22. The molecule has 2 atom stereocenters. The van der Waals surface area contributed by atoms with Crippen LogP contribution in [-0.2, 0) is 0 Å². The van der Waals surface area contributed by atoms with Gasteiger partial charge < -0.3 is 15.5 Å². The van der Waals surface area contributed by atoms with Gasteiger partial charge in [-0.05, 0) is 64.5 Å². The van der Waals surface area contributed by atoms with Crippen molar-refractivity contribution in [1.82, 2.24) is 4.90 Å². The van der Waals surface area contributed by atoms with Crippen molar-refractivity contribution in [2.75, 3.05) is 31.6 Å². The molecule has 3 nitrogen and oxygen atoms in total. The van der Waals surface area contributed by atoms with Crippen molar-refractivity contribution in [3.63, 3.8) is 0 Å². The van der Waals surface area contributed by atoms with E-state index in [1.807, 2.05) is 0 Å². The molecule has 0 aromatic heterocycles. The molecule has 1 heterocycles. The Morgan fingerprint density at radius 1 is 1.37 bits per heavy atom. The van der Waals surface area contributed by atoms with Gasteiger partial charge in [0.05, 0.1) is 0 Å². The number of nitrogens with two attached hydrogens (primary N) is 1. The van der Waals surface area contributed by atoms with Crippen LogP contribution in [-0.4, -0.2) is 43.7 Å². The van der Waals surface area contributed by atoms with Gasteiger partial charge in [0.1, 0.15) is 0 Å². The van der Waals surface area contributed by atoms with Gasteiger partial charge in [-0.25, -0.2) is 0 Å². The van der Waals surface area contributed by atoms with E-state index in [1.165, 1.54) is 24.2 Å². The summed E-state index contributed by atoms with van der Waals surface area (Å²) >= 11 is 0. The molecular weight excluding hydrogens is 234 g/mol. The van der Waals surface area contributed by atoms with Gasteiger partial charge in [-0.15, -0.1) is 0 Å². The lowest BCUT2D eigenvalue weighted by Gasteiger charge is -2.37. The van der Waals surface area contributed by atoms with Gasteiger partial charge in [-0.2, -0.15) is 0 Å². The number of aryl methyl sites for hydroxylation is 1. The van der Waals surface area contributed by atoms with E-state index in [4.69, 9.17) is 5.73 Å². The molecule has 19 heavy (non-hydrogen) atoms. The molecule has 2 rings (SSSR count). The molecule has 1 fully saturated rings. The maximum Gasteiger partial charge on any atom is 0.0431 e. The highest BCUT2D eigenvalue weighted by Crippen LogP contribution is 2.26. The largest absolute Gasteiger partial charge is 0.364 e. The molecule has 0 spiro atoms. The van der Waals surface area contributed by atoms with Gasteiger partial charge in [0.2, 0.25) is 0 Å². The zero-order valence-corrected chi connectivity index (χ0v) is 12.5. The molecule has 0 aliphatic carbocycles. The van der Waals surface area contributed by atoms with E-state index in [0.29, 0.717) is 12.1 Å². The summed E-state index contributed by atoms with van der Waals surface area (Å²) in [6.45, 7) is 7.54. The summed E-state index contributed by atoms with van der Waals surface area (Å²) < 4.78 is 0. The third-order valence-corrected chi connectivity index (χ3v) is 4.12. The highest BCUT2D eigenvalue weighted by molar-refractivity contribution is 5.50. The molecule has 1 aliphatic heterocycles. The number of nitrogens with zero attached hydrogens (tertiary/aromatic N) is 2. The van der Waals surface area contributed by atoms with Crippen molar-refractivity contribution in [3.8, 4) is 0 Å². The Labute approximate surface area is 117 Å². The van der Waals surface area contributed by atoms with Gasteiger partial charge in [-0.1, -0.05) is 12.1 Å². The van der Waals surface area contributed by atoms with Crippen molar-refractivity contribution in [2.45, 2.75) is 38.8 Å². The monoisotopic (exact) mass is 261 g/mol. The lowest BCUT2D eigenvalue weighted by atomic mass is 10.1. The number of benzene rings is 1. The van der Waals surface area contributed by atoms with Crippen LogP contribution in [0.3, 0.4) is 0 Å². The lowest BCUT2D eigenvalue weighted by Crippen LogP contribution is -2.45. The molecule has 106 valence electrons. The third-order valence-electron chi connectivity index (χ3n) is 4.12. The first-order valence-electron chi connectivity index (χ1n) is 7.35. The highest BCUT2D eigenvalue weighted by Gasteiger charge is 2.27. The third kappa shape index (κ3) is 3.48. The fourth-order valence-electron chi connectivity index (χ4n) is 3.12. The molecule has 1 aromatic carbocycles. The maximum absolute atomic E-state index is 5.83. The lowest BCUT2D eigenvalue weighted by molar-refractivity contribution is 0.326. The van der Waals surface area contributed by atoms with Crippen LogP contribution in [0.15, 0.2) is 24.3 Å². The van der Waals surface area contributed by atoms with Crippen molar-refractivity contribution in [3.05, 3.63) is 29.8 Å². The van der Waals surface area contributed by atoms with E-state index in [0.717, 1.165) is 19.5 Å². The first kappa shape index (κ1) is 14.4. The van der Waals surface area contributed by atoms with Gasteiger partial charge in [0.15, 0.2) is 0 Å². The number of hydrogen-bond acceptors (Lipinski definition) is 3. The predicted molar refractivity (Wildman–Crippen MR) is 82.7 cm³/mol. The molecule has 0 radical (unpaired) electrons. The number of rotatable bonds is 3. The Balaban J connectivity index is 2.30. The average molecular weight is 261 g/mol. The van der Waals surface area contributed by atoms with Crippen molar-refractivity contribution >= 4 is 5.69 Å². The van der Waals surface area contributed by atoms with Crippen LogP contribution >= 0.6 is 0 Å². The molecule has 2 N–H and O–H groups in total.